The standard InChI is InChI=1S/C12H23N3O3/c1-3-13-5-4-6-14-12(18)15-7-9(2)10(8-15)11(16)17/h9-10,13H,3-8H2,1-2H3,(H,14,18)(H,16,17). The number of hydrogen-bond donors (Lipinski definition) is 3. The fraction of sp³-hybridized carbons (Fsp3) is 0.833. The fourth-order valence-electron chi connectivity index (χ4n) is 2.15. The summed E-state index contributed by atoms with van der Waals surface area (Å²) in [7, 11) is 0. The van der Waals surface area contributed by atoms with Gasteiger partial charge in [-0.1, -0.05) is 13.8 Å². The molecule has 1 saturated heterocycles. The van der Waals surface area contributed by atoms with Crippen molar-refractivity contribution in [3.8, 4) is 0 Å². The lowest BCUT2D eigenvalue weighted by Gasteiger charge is -2.16. The number of aliphatic carboxylic acids is 1. The van der Waals surface area contributed by atoms with E-state index in [-0.39, 0.29) is 11.9 Å². The molecule has 2 unspecified atom stereocenters. The van der Waals surface area contributed by atoms with Crippen molar-refractivity contribution in [1.29, 1.82) is 0 Å². The third kappa shape index (κ3) is 4.18. The highest BCUT2D eigenvalue weighted by Gasteiger charge is 2.36. The van der Waals surface area contributed by atoms with Crippen molar-refractivity contribution in [3.63, 3.8) is 0 Å². The van der Waals surface area contributed by atoms with Crippen LogP contribution in [0.4, 0.5) is 4.79 Å². The number of urea groups is 1. The summed E-state index contributed by atoms with van der Waals surface area (Å²) in [5.41, 5.74) is 0. The van der Waals surface area contributed by atoms with Gasteiger partial charge in [0.2, 0.25) is 0 Å². The Bertz CT molecular complexity index is 296. The first kappa shape index (κ1) is 14.8. The largest absolute Gasteiger partial charge is 0.481 e. The molecule has 6 nitrogen and oxygen atoms in total. The predicted molar refractivity (Wildman–Crippen MR) is 68.4 cm³/mol. The lowest BCUT2D eigenvalue weighted by molar-refractivity contribution is -0.142. The van der Waals surface area contributed by atoms with E-state index in [1.165, 1.54) is 0 Å². The van der Waals surface area contributed by atoms with Gasteiger partial charge in [-0.3, -0.25) is 4.79 Å². The zero-order valence-corrected chi connectivity index (χ0v) is 11.1. The molecule has 6 heteroatoms. The van der Waals surface area contributed by atoms with Gasteiger partial charge in [0.05, 0.1) is 5.92 Å². The summed E-state index contributed by atoms with van der Waals surface area (Å²) in [6.07, 6.45) is 0.880. The van der Waals surface area contributed by atoms with Crippen molar-refractivity contribution in [2.75, 3.05) is 32.7 Å². The Morgan fingerprint density at radius 3 is 2.61 bits per heavy atom. The van der Waals surface area contributed by atoms with Crippen LogP contribution >= 0.6 is 0 Å². The zero-order valence-electron chi connectivity index (χ0n) is 11.1. The number of likely N-dealkylation sites (tertiary alicyclic amines) is 1. The molecule has 1 fully saturated rings. The van der Waals surface area contributed by atoms with E-state index in [0.29, 0.717) is 19.6 Å². The van der Waals surface area contributed by atoms with Gasteiger partial charge >= 0.3 is 12.0 Å². The maximum Gasteiger partial charge on any atom is 0.317 e. The summed E-state index contributed by atoms with van der Waals surface area (Å²) < 4.78 is 0. The number of carboxylic acid groups (broad SMARTS) is 1. The van der Waals surface area contributed by atoms with Crippen LogP contribution < -0.4 is 10.6 Å². The Balaban J connectivity index is 2.25. The minimum absolute atomic E-state index is 0.0232. The molecule has 0 aliphatic carbocycles. The quantitative estimate of drug-likeness (QED) is 0.600. The number of rotatable bonds is 6. The first-order chi connectivity index (χ1) is 8.56. The number of carbonyl (C=O) groups excluding carboxylic acids is 1. The van der Waals surface area contributed by atoms with Gasteiger partial charge in [0.1, 0.15) is 0 Å². The molecule has 3 N–H and O–H groups in total. The molecule has 0 saturated carbocycles. The Morgan fingerprint density at radius 2 is 2.06 bits per heavy atom. The van der Waals surface area contributed by atoms with Crippen molar-refractivity contribution in [2.45, 2.75) is 20.3 Å². The number of hydrogen-bond acceptors (Lipinski definition) is 3. The normalized spacial score (nSPS) is 23.1. The molecular weight excluding hydrogens is 234 g/mol. The van der Waals surface area contributed by atoms with Crippen LogP contribution in [-0.2, 0) is 4.79 Å². The lowest BCUT2D eigenvalue weighted by atomic mass is 9.99. The second-order valence-electron chi connectivity index (χ2n) is 4.77. The smallest absolute Gasteiger partial charge is 0.317 e. The molecule has 0 aromatic heterocycles. The minimum Gasteiger partial charge on any atom is -0.481 e. The van der Waals surface area contributed by atoms with Crippen LogP contribution in [0.3, 0.4) is 0 Å². The van der Waals surface area contributed by atoms with Crippen LogP contribution in [-0.4, -0.2) is 54.7 Å². The highest BCUT2D eigenvalue weighted by atomic mass is 16.4. The Hall–Kier alpha value is -1.30. The van der Waals surface area contributed by atoms with Crippen molar-refractivity contribution in [1.82, 2.24) is 15.5 Å². The van der Waals surface area contributed by atoms with Gasteiger partial charge in [-0.25, -0.2) is 4.79 Å². The van der Waals surface area contributed by atoms with E-state index in [2.05, 4.69) is 10.6 Å². The SMILES string of the molecule is CCNCCCNC(=O)N1CC(C)C(C(=O)O)C1. The van der Waals surface area contributed by atoms with E-state index < -0.39 is 11.9 Å². The van der Waals surface area contributed by atoms with E-state index in [0.717, 1.165) is 19.5 Å². The fourth-order valence-corrected chi connectivity index (χ4v) is 2.15. The summed E-state index contributed by atoms with van der Waals surface area (Å²) in [5.74, 6) is -1.22. The Kier molecular flexibility index (Phi) is 5.91. The second kappa shape index (κ2) is 7.20. The molecule has 2 atom stereocenters. The van der Waals surface area contributed by atoms with E-state index >= 15 is 0 Å². The topological polar surface area (TPSA) is 81.7 Å². The molecule has 18 heavy (non-hydrogen) atoms. The van der Waals surface area contributed by atoms with Crippen LogP contribution in [0.25, 0.3) is 0 Å². The van der Waals surface area contributed by atoms with Crippen LogP contribution in [0.15, 0.2) is 0 Å². The maximum atomic E-state index is 11.8. The van der Waals surface area contributed by atoms with Crippen LogP contribution in [0.5, 0.6) is 0 Å². The molecule has 0 bridgehead atoms. The second-order valence-corrected chi connectivity index (χ2v) is 4.77. The van der Waals surface area contributed by atoms with Gasteiger partial charge in [0.25, 0.3) is 0 Å². The number of nitrogens with one attached hydrogen (secondary N) is 2. The molecule has 0 aromatic carbocycles. The van der Waals surface area contributed by atoms with Crippen molar-refractivity contribution < 1.29 is 14.7 Å². The van der Waals surface area contributed by atoms with Crippen molar-refractivity contribution >= 4 is 12.0 Å². The predicted octanol–water partition coefficient (Wildman–Crippen LogP) is 0.348. The Morgan fingerprint density at radius 1 is 1.33 bits per heavy atom. The molecular formula is C12H23N3O3. The van der Waals surface area contributed by atoms with Crippen LogP contribution in [0.1, 0.15) is 20.3 Å². The summed E-state index contributed by atoms with van der Waals surface area (Å²) in [5, 5.41) is 15.0. The van der Waals surface area contributed by atoms with Crippen LogP contribution in [0, 0.1) is 11.8 Å². The Labute approximate surface area is 108 Å². The first-order valence-corrected chi connectivity index (χ1v) is 6.52. The summed E-state index contributed by atoms with van der Waals surface area (Å²) in [4.78, 5) is 24.3. The van der Waals surface area contributed by atoms with E-state index in [4.69, 9.17) is 5.11 Å². The van der Waals surface area contributed by atoms with Gasteiger partial charge in [-0.15, -0.1) is 0 Å². The molecule has 1 heterocycles. The molecule has 104 valence electrons. The summed E-state index contributed by atoms with van der Waals surface area (Å²) >= 11 is 0. The van der Waals surface area contributed by atoms with Gasteiger partial charge in [-0.2, -0.15) is 0 Å². The average Bonchev–Trinajstić information content (AvgIpc) is 2.71. The number of nitrogens with zero attached hydrogens (tertiary/aromatic N) is 1. The van der Waals surface area contributed by atoms with Crippen molar-refractivity contribution in [2.24, 2.45) is 11.8 Å². The molecule has 0 spiro atoms. The third-order valence-electron chi connectivity index (χ3n) is 3.27. The highest BCUT2D eigenvalue weighted by Crippen LogP contribution is 2.22. The van der Waals surface area contributed by atoms with Gasteiger partial charge < -0.3 is 20.6 Å². The number of amides is 2. The zero-order chi connectivity index (χ0) is 13.5. The average molecular weight is 257 g/mol. The van der Waals surface area contributed by atoms with E-state index in [1.54, 1.807) is 4.90 Å². The molecule has 1 rings (SSSR count). The maximum absolute atomic E-state index is 11.8. The molecule has 1 aliphatic heterocycles. The summed E-state index contributed by atoms with van der Waals surface area (Å²) in [6.45, 7) is 7.18. The summed E-state index contributed by atoms with van der Waals surface area (Å²) in [6, 6.07) is -0.151. The number of carboxylic acids is 1. The van der Waals surface area contributed by atoms with Gasteiger partial charge in [-0.05, 0) is 25.4 Å². The minimum atomic E-state index is -0.815. The van der Waals surface area contributed by atoms with Crippen molar-refractivity contribution in [3.05, 3.63) is 0 Å². The molecule has 0 radical (unpaired) electrons. The molecule has 2 amide bonds. The lowest BCUT2D eigenvalue weighted by Crippen LogP contribution is -2.40. The third-order valence-corrected chi connectivity index (χ3v) is 3.27. The molecule has 1 aliphatic rings. The van der Waals surface area contributed by atoms with E-state index in [9.17, 15) is 9.59 Å². The van der Waals surface area contributed by atoms with E-state index in [1.807, 2.05) is 13.8 Å². The van der Waals surface area contributed by atoms with Gasteiger partial charge in [0, 0.05) is 19.6 Å². The monoisotopic (exact) mass is 257 g/mol. The molecule has 0 aromatic rings. The highest BCUT2D eigenvalue weighted by molar-refractivity contribution is 5.77. The van der Waals surface area contributed by atoms with Gasteiger partial charge in [0.15, 0.2) is 0 Å². The van der Waals surface area contributed by atoms with Crippen LogP contribution in [0.2, 0.25) is 0 Å². The number of carbonyl (C=O) groups is 2. The first-order valence-electron chi connectivity index (χ1n) is 6.52.